The SMILES string of the molecule is O/N=C/c1ccc(Cl)c(I)c1Cl. The van der Waals surface area contributed by atoms with E-state index in [9.17, 15) is 0 Å². The van der Waals surface area contributed by atoms with Gasteiger partial charge in [0.2, 0.25) is 0 Å². The molecule has 64 valence electrons. The Morgan fingerprint density at radius 3 is 2.67 bits per heavy atom. The lowest BCUT2D eigenvalue weighted by Crippen LogP contribution is -1.86. The fraction of sp³-hybridized carbons (Fsp3) is 0. The summed E-state index contributed by atoms with van der Waals surface area (Å²) in [6.07, 6.45) is 1.26. The van der Waals surface area contributed by atoms with E-state index in [1.807, 2.05) is 22.6 Å². The number of hydrogen-bond donors (Lipinski definition) is 1. The summed E-state index contributed by atoms with van der Waals surface area (Å²) in [6.45, 7) is 0. The molecule has 0 aliphatic carbocycles. The largest absolute Gasteiger partial charge is 0.411 e. The normalized spacial score (nSPS) is 10.9. The first-order valence-electron chi connectivity index (χ1n) is 2.97. The van der Waals surface area contributed by atoms with Crippen molar-refractivity contribution in [2.24, 2.45) is 5.16 Å². The van der Waals surface area contributed by atoms with E-state index >= 15 is 0 Å². The fourth-order valence-electron chi connectivity index (χ4n) is 0.703. The number of oxime groups is 1. The Balaban J connectivity index is 3.26. The Morgan fingerprint density at radius 2 is 2.08 bits per heavy atom. The molecule has 1 N–H and O–H groups in total. The molecule has 0 bridgehead atoms. The predicted molar refractivity (Wildman–Crippen MR) is 58.6 cm³/mol. The third-order valence-electron chi connectivity index (χ3n) is 1.26. The quantitative estimate of drug-likeness (QED) is 0.278. The van der Waals surface area contributed by atoms with Crippen LogP contribution in [0.1, 0.15) is 5.56 Å². The second-order valence-electron chi connectivity index (χ2n) is 2.01. The molecular weight excluding hydrogens is 312 g/mol. The summed E-state index contributed by atoms with van der Waals surface area (Å²) < 4.78 is 0.758. The minimum absolute atomic E-state index is 0.501. The van der Waals surface area contributed by atoms with E-state index in [-0.39, 0.29) is 0 Å². The highest BCUT2D eigenvalue weighted by Gasteiger charge is 2.05. The summed E-state index contributed by atoms with van der Waals surface area (Å²) in [4.78, 5) is 0. The van der Waals surface area contributed by atoms with E-state index in [0.717, 1.165) is 3.57 Å². The van der Waals surface area contributed by atoms with E-state index in [1.54, 1.807) is 12.1 Å². The van der Waals surface area contributed by atoms with Crippen LogP contribution in [-0.4, -0.2) is 11.4 Å². The second-order valence-corrected chi connectivity index (χ2v) is 3.87. The molecule has 1 aromatic rings. The average molecular weight is 316 g/mol. The molecule has 0 atom stereocenters. The maximum Gasteiger partial charge on any atom is 0.0749 e. The maximum absolute atomic E-state index is 8.28. The lowest BCUT2D eigenvalue weighted by Gasteiger charge is -2.01. The van der Waals surface area contributed by atoms with E-state index in [4.69, 9.17) is 28.4 Å². The lowest BCUT2D eigenvalue weighted by molar-refractivity contribution is 0.322. The molecule has 0 heterocycles. The molecule has 0 radical (unpaired) electrons. The fourth-order valence-corrected chi connectivity index (χ4v) is 1.61. The standard InChI is InChI=1S/C7H4Cl2INO/c8-5-2-1-4(3-11-12)6(9)7(5)10/h1-3,12H/b11-3+. The first kappa shape index (κ1) is 10.1. The topological polar surface area (TPSA) is 32.6 Å². The van der Waals surface area contributed by atoms with Crippen molar-refractivity contribution in [3.05, 3.63) is 31.3 Å². The van der Waals surface area contributed by atoms with Crippen LogP contribution in [0.4, 0.5) is 0 Å². The zero-order valence-electron chi connectivity index (χ0n) is 5.76. The highest BCUT2D eigenvalue weighted by molar-refractivity contribution is 14.1. The first-order valence-corrected chi connectivity index (χ1v) is 4.81. The summed E-state index contributed by atoms with van der Waals surface area (Å²) in [6, 6.07) is 3.39. The number of hydrogen-bond acceptors (Lipinski definition) is 2. The van der Waals surface area contributed by atoms with Crippen molar-refractivity contribution in [2.75, 3.05) is 0 Å². The van der Waals surface area contributed by atoms with Crippen molar-refractivity contribution in [3.8, 4) is 0 Å². The Labute approximate surface area is 93.3 Å². The molecule has 0 spiro atoms. The second kappa shape index (κ2) is 4.30. The van der Waals surface area contributed by atoms with Gasteiger partial charge in [-0.15, -0.1) is 0 Å². The molecule has 12 heavy (non-hydrogen) atoms. The average Bonchev–Trinajstić information content (AvgIpc) is 2.07. The minimum atomic E-state index is 0.501. The lowest BCUT2D eigenvalue weighted by atomic mass is 10.2. The van der Waals surface area contributed by atoms with Crippen molar-refractivity contribution in [1.82, 2.24) is 0 Å². The molecule has 1 rings (SSSR count). The van der Waals surface area contributed by atoms with Gasteiger partial charge in [0.25, 0.3) is 0 Å². The van der Waals surface area contributed by atoms with Crippen LogP contribution in [0.5, 0.6) is 0 Å². The van der Waals surface area contributed by atoms with Gasteiger partial charge in [-0.25, -0.2) is 0 Å². The molecule has 2 nitrogen and oxygen atoms in total. The van der Waals surface area contributed by atoms with Crippen molar-refractivity contribution in [1.29, 1.82) is 0 Å². The monoisotopic (exact) mass is 315 g/mol. The van der Waals surface area contributed by atoms with Crippen LogP contribution < -0.4 is 0 Å². The summed E-state index contributed by atoms with van der Waals surface area (Å²) in [5.41, 5.74) is 0.646. The van der Waals surface area contributed by atoms with Crippen LogP contribution in [0.25, 0.3) is 0 Å². The zero-order chi connectivity index (χ0) is 9.14. The molecule has 0 unspecified atom stereocenters. The van der Waals surface area contributed by atoms with Gasteiger partial charge in [-0.2, -0.15) is 0 Å². The van der Waals surface area contributed by atoms with E-state index < -0.39 is 0 Å². The van der Waals surface area contributed by atoms with E-state index in [2.05, 4.69) is 5.16 Å². The number of halogens is 3. The molecule has 0 saturated carbocycles. The molecule has 1 aromatic carbocycles. The smallest absolute Gasteiger partial charge is 0.0749 e. The first-order chi connectivity index (χ1) is 5.66. The summed E-state index contributed by atoms with van der Waals surface area (Å²) in [5, 5.41) is 12.3. The molecule has 5 heteroatoms. The van der Waals surface area contributed by atoms with Gasteiger partial charge in [-0.05, 0) is 28.7 Å². The molecule has 0 aliphatic heterocycles. The Kier molecular flexibility index (Phi) is 3.61. The van der Waals surface area contributed by atoms with Crippen LogP contribution in [-0.2, 0) is 0 Å². The van der Waals surface area contributed by atoms with Crippen molar-refractivity contribution in [3.63, 3.8) is 0 Å². The molecule has 0 aromatic heterocycles. The van der Waals surface area contributed by atoms with Crippen molar-refractivity contribution >= 4 is 52.0 Å². The summed E-state index contributed by atoms with van der Waals surface area (Å²) >= 11 is 13.7. The molecule has 0 aliphatic rings. The van der Waals surface area contributed by atoms with E-state index in [0.29, 0.717) is 15.6 Å². The van der Waals surface area contributed by atoms with Gasteiger partial charge >= 0.3 is 0 Å². The number of rotatable bonds is 1. The Morgan fingerprint density at radius 1 is 1.42 bits per heavy atom. The van der Waals surface area contributed by atoms with Gasteiger partial charge < -0.3 is 5.21 Å². The molecule has 0 saturated heterocycles. The Bertz CT molecular complexity index is 327. The molecule has 0 fully saturated rings. The highest BCUT2D eigenvalue weighted by atomic mass is 127. The molecular formula is C7H4Cl2INO. The number of nitrogens with zero attached hydrogens (tertiary/aromatic N) is 1. The van der Waals surface area contributed by atoms with Gasteiger partial charge in [0.15, 0.2) is 0 Å². The third kappa shape index (κ3) is 2.02. The zero-order valence-corrected chi connectivity index (χ0v) is 9.43. The van der Waals surface area contributed by atoms with Crippen LogP contribution in [0, 0.1) is 3.57 Å². The van der Waals surface area contributed by atoms with Gasteiger partial charge in [-0.1, -0.05) is 34.4 Å². The predicted octanol–water partition coefficient (Wildman–Crippen LogP) is 3.41. The third-order valence-corrected chi connectivity index (χ3v) is 3.74. The van der Waals surface area contributed by atoms with E-state index in [1.165, 1.54) is 6.21 Å². The number of benzene rings is 1. The highest BCUT2D eigenvalue weighted by Crippen LogP contribution is 2.28. The van der Waals surface area contributed by atoms with Gasteiger partial charge in [0.1, 0.15) is 0 Å². The maximum atomic E-state index is 8.28. The van der Waals surface area contributed by atoms with Crippen molar-refractivity contribution in [2.45, 2.75) is 0 Å². The van der Waals surface area contributed by atoms with Crippen molar-refractivity contribution < 1.29 is 5.21 Å². The molecule has 0 amide bonds. The van der Waals surface area contributed by atoms with Crippen LogP contribution in [0.15, 0.2) is 17.3 Å². The van der Waals surface area contributed by atoms with Crippen LogP contribution in [0.3, 0.4) is 0 Å². The minimum Gasteiger partial charge on any atom is -0.411 e. The summed E-state index contributed by atoms with van der Waals surface area (Å²) in [5.74, 6) is 0. The van der Waals surface area contributed by atoms with Gasteiger partial charge in [0, 0.05) is 5.56 Å². The van der Waals surface area contributed by atoms with Gasteiger partial charge in [0.05, 0.1) is 19.8 Å². The Hall–Kier alpha value is -0.0000000000000000555. The van der Waals surface area contributed by atoms with Crippen LogP contribution >= 0.6 is 45.8 Å². The van der Waals surface area contributed by atoms with Crippen LogP contribution in [0.2, 0.25) is 10.0 Å². The summed E-state index contributed by atoms with van der Waals surface area (Å²) in [7, 11) is 0. The van der Waals surface area contributed by atoms with Gasteiger partial charge in [-0.3, -0.25) is 0 Å².